The molecule has 0 radical (unpaired) electrons. The SMILES string of the molecule is CCOc1cc(C2C(C(=O)Nc3ccc(C)cc3C)=C(C)Nc3ncnn32)cc(Br)c1OCC. The van der Waals surface area contributed by atoms with E-state index in [0.717, 1.165) is 26.9 Å². The standard InChI is InChI=1S/C25H28BrN5O3/c1-6-33-20-12-17(11-18(26)23(20)34-7-2)22-21(16(5)29-25-27-13-28-31(22)25)24(32)30-19-9-8-14(3)10-15(19)4/h8-13,22H,6-7H2,1-5H3,(H,30,32)(H,27,28,29). The lowest BCUT2D eigenvalue weighted by molar-refractivity contribution is -0.113. The van der Waals surface area contributed by atoms with Crippen LogP contribution in [0.15, 0.2) is 52.4 Å². The first-order chi connectivity index (χ1) is 16.3. The summed E-state index contributed by atoms with van der Waals surface area (Å²) in [7, 11) is 0. The molecule has 1 aliphatic heterocycles. The molecule has 4 rings (SSSR count). The van der Waals surface area contributed by atoms with Crippen molar-refractivity contribution in [3.63, 3.8) is 0 Å². The number of hydrogen-bond acceptors (Lipinski definition) is 6. The fraction of sp³-hybridized carbons (Fsp3) is 0.320. The molecule has 34 heavy (non-hydrogen) atoms. The number of anilines is 2. The van der Waals surface area contributed by atoms with Crippen LogP contribution in [0, 0.1) is 13.8 Å². The number of benzene rings is 2. The van der Waals surface area contributed by atoms with Gasteiger partial charge in [0.05, 0.1) is 23.3 Å². The molecule has 0 saturated carbocycles. The molecule has 3 aromatic rings. The molecule has 2 heterocycles. The molecule has 8 nitrogen and oxygen atoms in total. The van der Waals surface area contributed by atoms with E-state index >= 15 is 0 Å². The van der Waals surface area contributed by atoms with Crippen LogP contribution in [-0.2, 0) is 4.79 Å². The number of halogens is 1. The molecular formula is C25H28BrN5O3. The Morgan fingerprint density at radius 1 is 1.15 bits per heavy atom. The van der Waals surface area contributed by atoms with Gasteiger partial charge in [0.25, 0.3) is 5.91 Å². The molecule has 1 amide bonds. The zero-order chi connectivity index (χ0) is 24.4. The summed E-state index contributed by atoms with van der Waals surface area (Å²) in [6, 6.07) is 9.26. The zero-order valence-corrected chi connectivity index (χ0v) is 21.5. The lowest BCUT2D eigenvalue weighted by Crippen LogP contribution is -2.31. The molecule has 1 atom stereocenters. The van der Waals surface area contributed by atoms with Crippen molar-refractivity contribution in [1.82, 2.24) is 14.8 Å². The number of hydrogen-bond donors (Lipinski definition) is 2. The summed E-state index contributed by atoms with van der Waals surface area (Å²) >= 11 is 3.63. The van der Waals surface area contributed by atoms with Gasteiger partial charge in [0.15, 0.2) is 11.5 Å². The topological polar surface area (TPSA) is 90.3 Å². The first-order valence-corrected chi connectivity index (χ1v) is 12.0. The summed E-state index contributed by atoms with van der Waals surface area (Å²) < 4.78 is 14.1. The molecule has 178 valence electrons. The van der Waals surface area contributed by atoms with Crippen LogP contribution in [0.1, 0.15) is 43.5 Å². The number of allylic oxidation sites excluding steroid dienone is 1. The number of rotatable bonds is 7. The summed E-state index contributed by atoms with van der Waals surface area (Å²) in [6.07, 6.45) is 1.47. The van der Waals surface area contributed by atoms with E-state index in [0.29, 0.717) is 41.9 Å². The molecule has 1 aliphatic rings. The third-order valence-corrected chi connectivity index (χ3v) is 6.19. The van der Waals surface area contributed by atoms with Gasteiger partial charge < -0.3 is 20.1 Å². The molecule has 0 bridgehead atoms. The maximum Gasteiger partial charge on any atom is 0.255 e. The Balaban J connectivity index is 1.81. The summed E-state index contributed by atoms with van der Waals surface area (Å²) in [4.78, 5) is 18.0. The van der Waals surface area contributed by atoms with Crippen LogP contribution in [0.2, 0.25) is 0 Å². The Kier molecular flexibility index (Phi) is 6.92. The minimum absolute atomic E-state index is 0.217. The van der Waals surface area contributed by atoms with Crippen LogP contribution in [-0.4, -0.2) is 33.9 Å². The van der Waals surface area contributed by atoms with Crippen LogP contribution in [0.25, 0.3) is 0 Å². The number of nitrogens with zero attached hydrogens (tertiary/aromatic N) is 3. The lowest BCUT2D eigenvalue weighted by atomic mass is 9.94. The minimum Gasteiger partial charge on any atom is -0.490 e. The Labute approximate surface area is 207 Å². The molecule has 0 spiro atoms. The zero-order valence-electron chi connectivity index (χ0n) is 19.9. The Bertz CT molecular complexity index is 1270. The number of amides is 1. The average Bonchev–Trinajstić information content (AvgIpc) is 3.25. The minimum atomic E-state index is -0.518. The van der Waals surface area contributed by atoms with Crippen molar-refractivity contribution in [2.75, 3.05) is 23.8 Å². The number of carbonyl (C=O) groups excluding carboxylic acids is 1. The first kappa shape index (κ1) is 23.8. The maximum absolute atomic E-state index is 13.7. The van der Waals surface area contributed by atoms with Crippen LogP contribution < -0.4 is 20.1 Å². The van der Waals surface area contributed by atoms with Gasteiger partial charge in [-0.15, -0.1) is 0 Å². The van der Waals surface area contributed by atoms with E-state index in [1.165, 1.54) is 6.33 Å². The van der Waals surface area contributed by atoms with Gasteiger partial charge in [0.1, 0.15) is 12.4 Å². The highest BCUT2D eigenvalue weighted by atomic mass is 79.9. The number of aromatic nitrogens is 3. The predicted octanol–water partition coefficient (Wildman–Crippen LogP) is 5.38. The van der Waals surface area contributed by atoms with Crippen LogP contribution in [0.4, 0.5) is 11.6 Å². The van der Waals surface area contributed by atoms with Crippen molar-refractivity contribution in [2.45, 2.75) is 40.7 Å². The van der Waals surface area contributed by atoms with Gasteiger partial charge in [-0.1, -0.05) is 17.7 Å². The maximum atomic E-state index is 13.7. The second-order valence-electron chi connectivity index (χ2n) is 8.06. The molecule has 1 unspecified atom stereocenters. The molecule has 1 aromatic heterocycles. The van der Waals surface area contributed by atoms with Gasteiger partial charge in [-0.25, -0.2) is 4.68 Å². The highest BCUT2D eigenvalue weighted by Gasteiger charge is 2.34. The van der Waals surface area contributed by atoms with Crippen molar-refractivity contribution in [3.8, 4) is 11.5 Å². The second-order valence-corrected chi connectivity index (χ2v) is 8.92. The number of fused-ring (bicyclic) bond motifs is 1. The summed E-state index contributed by atoms with van der Waals surface area (Å²) in [6.45, 7) is 10.7. The largest absolute Gasteiger partial charge is 0.490 e. The van der Waals surface area contributed by atoms with Crippen molar-refractivity contribution in [1.29, 1.82) is 0 Å². The fourth-order valence-electron chi connectivity index (χ4n) is 4.13. The van der Waals surface area contributed by atoms with Gasteiger partial charge in [0.2, 0.25) is 5.95 Å². The molecule has 0 saturated heterocycles. The second kappa shape index (κ2) is 9.89. The van der Waals surface area contributed by atoms with Gasteiger partial charge in [0, 0.05) is 11.4 Å². The van der Waals surface area contributed by atoms with E-state index in [9.17, 15) is 4.79 Å². The quantitative estimate of drug-likeness (QED) is 0.430. The smallest absolute Gasteiger partial charge is 0.255 e. The Hall–Kier alpha value is -3.33. The number of ether oxygens (including phenoxy) is 2. The van der Waals surface area contributed by atoms with Crippen molar-refractivity contribution >= 4 is 33.5 Å². The van der Waals surface area contributed by atoms with E-state index in [2.05, 4.69) is 36.6 Å². The number of nitrogens with one attached hydrogen (secondary N) is 2. The van der Waals surface area contributed by atoms with E-state index in [-0.39, 0.29) is 5.91 Å². The summed E-state index contributed by atoms with van der Waals surface area (Å²) in [5, 5.41) is 10.7. The number of carbonyl (C=O) groups is 1. The van der Waals surface area contributed by atoms with Gasteiger partial charge in [-0.3, -0.25) is 4.79 Å². The molecule has 0 aliphatic carbocycles. The first-order valence-electron chi connectivity index (χ1n) is 11.2. The van der Waals surface area contributed by atoms with Gasteiger partial charge in [-0.2, -0.15) is 10.1 Å². The molecule has 0 fully saturated rings. The van der Waals surface area contributed by atoms with E-state index < -0.39 is 6.04 Å². The monoisotopic (exact) mass is 525 g/mol. The number of aryl methyl sites for hydroxylation is 2. The lowest BCUT2D eigenvalue weighted by Gasteiger charge is -2.29. The Morgan fingerprint density at radius 2 is 1.91 bits per heavy atom. The molecule has 2 aromatic carbocycles. The molecule has 2 N–H and O–H groups in total. The highest BCUT2D eigenvalue weighted by Crippen LogP contribution is 2.43. The van der Waals surface area contributed by atoms with Gasteiger partial charge >= 0.3 is 0 Å². The van der Waals surface area contributed by atoms with Crippen molar-refractivity contribution in [2.24, 2.45) is 0 Å². The van der Waals surface area contributed by atoms with E-state index in [1.54, 1.807) is 4.68 Å². The Morgan fingerprint density at radius 3 is 2.62 bits per heavy atom. The van der Waals surface area contributed by atoms with Crippen LogP contribution >= 0.6 is 15.9 Å². The summed E-state index contributed by atoms with van der Waals surface area (Å²) in [5.41, 5.74) is 4.96. The summed E-state index contributed by atoms with van der Waals surface area (Å²) in [5.74, 6) is 1.57. The van der Waals surface area contributed by atoms with Crippen molar-refractivity contribution in [3.05, 3.63) is 69.1 Å². The molecular weight excluding hydrogens is 498 g/mol. The third kappa shape index (κ3) is 4.52. The normalized spacial score (nSPS) is 14.9. The van der Waals surface area contributed by atoms with Crippen molar-refractivity contribution < 1.29 is 14.3 Å². The average molecular weight is 526 g/mol. The highest BCUT2D eigenvalue weighted by molar-refractivity contribution is 9.10. The predicted molar refractivity (Wildman–Crippen MR) is 136 cm³/mol. The molecule has 9 heteroatoms. The van der Waals surface area contributed by atoms with Crippen LogP contribution in [0.5, 0.6) is 11.5 Å². The van der Waals surface area contributed by atoms with E-state index in [1.807, 2.05) is 65.0 Å². The van der Waals surface area contributed by atoms with Gasteiger partial charge in [-0.05, 0) is 79.9 Å². The van der Waals surface area contributed by atoms with E-state index in [4.69, 9.17) is 9.47 Å². The third-order valence-electron chi connectivity index (χ3n) is 5.61. The fourth-order valence-corrected chi connectivity index (χ4v) is 4.70. The van der Waals surface area contributed by atoms with Crippen LogP contribution in [0.3, 0.4) is 0 Å².